The lowest BCUT2D eigenvalue weighted by Crippen LogP contribution is -2.30. The summed E-state index contributed by atoms with van der Waals surface area (Å²) in [7, 11) is -9.83. The lowest BCUT2D eigenvalue weighted by Gasteiger charge is -2.21. The number of allylic oxidation sites excluding steroid dienone is 30. The van der Waals surface area contributed by atoms with Crippen LogP contribution in [-0.2, 0) is 55.8 Å². The van der Waals surface area contributed by atoms with E-state index in [1.54, 1.807) is 0 Å². The Morgan fingerprint density at radius 2 is 0.548 bits per heavy atom. The largest absolute Gasteiger partial charge is 0.472 e. The van der Waals surface area contributed by atoms with E-state index in [2.05, 4.69) is 179 Å². The Morgan fingerprint density at radius 1 is 0.301 bits per heavy atom. The van der Waals surface area contributed by atoms with Gasteiger partial charge in [-0.15, -0.1) is 0 Å². The van der Waals surface area contributed by atoms with Gasteiger partial charge in [-0.1, -0.05) is 235 Å². The molecule has 0 aliphatic rings. The zero-order valence-electron chi connectivity index (χ0n) is 56.6. The van der Waals surface area contributed by atoms with Gasteiger partial charge >= 0.3 is 33.6 Å². The van der Waals surface area contributed by atoms with Crippen LogP contribution < -0.4 is 0 Å². The maximum absolute atomic E-state index is 12.9. The van der Waals surface area contributed by atoms with Crippen molar-refractivity contribution in [2.45, 2.75) is 232 Å². The second kappa shape index (κ2) is 66.7. The lowest BCUT2D eigenvalue weighted by atomic mass is 10.1. The van der Waals surface area contributed by atoms with Crippen LogP contribution >= 0.6 is 15.6 Å². The molecule has 5 atom stereocenters. The number of phosphoric acid groups is 2. The van der Waals surface area contributed by atoms with Crippen molar-refractivity contribution in [1.29, 1.82) is 0 Å². The smallest absolute Gasteiger partial charge is 0.463 e. The van der Waals surface area contributed by atoms with Crippen LogP contribution in [0.15, 0.2) is 182 Å². The molecule has 5 unspecified atom stereocenters. The van der Waals surface area contributed by atoms with E-state index in [9.17, 15) is 43.5 Å². The van der Waals surface area contributed by atoms with Gasteiger partial charge in [0.1, 0.15) is 25.4 Å². The van der Waals surface area contributed by atoms with Crippen molar-refractivity contribution in [3.8, 4) is 0 Å². The first-order valence-corrected chi connectivity index (χ1v) is 37.1. The fraction of sp³-hybridized carbons (Fsp3) is 0.560. The Bertz CT molecular complexity index is 2420. The van der Waals surface area contributed by atoms with Crippen molar-refractivity contribution in [1.82, 2.24) is 0 Å². The fourth-order valence-corrected chi connectivity index (χ4v) is 9.60. The van der Waals surface area contributed by atoms with Crippen LogP contribution in [0, 0.1) is 0 Å². The number of ether oxygens (including phenoxy) is 3. The number of unbranched alkanes of at least 4 members (excludes halogenated alkanes) is 9. The van der Waals surface area contributed by atoms with Gasteiger partial charge < -0.3 is 34.2 Å². The summed E-state index contributed by atoms with van der Waals surface area (Å²) in [6.45, 7) is 2.13. The number of esters is 3. The predicted octanol–water partition coefficient (Wildman–Crippen LogP) is 19.1. The number of hydrogen-bond donors (Lipinski definition) is 4. The van der Waals surface area contributed by atoms with E-state index in [1.165, 1.54) is 0 Å². The van der Waals surface area contributed by atoms with E-state index in [1.807, 2.05) is 24.3 Å². The topological polar surface area (TPSA) is 231 Å². The molecule has 0 aromatic carbocycles. The van der Waals surface area contributed by atoms with E-state index in [0.29, 0.717) is 32.1 Å². The van der Waals surface area contributed by atoms with Crippen LogP contribution in [0.25, 0.3) is 0 Å². The standard InChI is InChI=1S/C75H118O16P2/c1-4-7-10-13-16-19-22-25-28-31-32-33-34-35-36-39-41-43-46-49-52-55-58-61-73(78)85-64-70(76)65-87-92(81,82)88-66-71(77)67-89-93(83,84)90-69-72(91-75(80)63-60-57-54-51-48-45-42-38-30-27-24-21-18-15-12-9-6-3)68-86-74(79)62-59-56-53-50-47-44-40-37-29-26-23-20-17-14-11-8-5-2/h7-12,16-21,25-30,32-33,35-36,40,42,44-45,50-51,53-54,70-72,76-77H,4-6,13-15,22-24,31,34,37-39,41,43,46-49,52,55-69H2,1-3H3,(H,81,82)(H,83,84)/b10-7-,11-8-,12-9-,19-16-,20-17-,21-18-,28-25-,29-26-,30-27-,33-32-,36-35-,44-40-,45-42-,53-50-,54-51-. The average molecular weight is 1340 g/mol. The van der Waals surface area contributed by atoms with Gasteiger partial charge in [0.25, 0.3) is 0 Å². The molecule has 0 bridgehead atoms. The highest BCUT2D eigenvalue weighted by Gasteiger charge is 2.29. The Morgan fingerprint density at radius 3 is 0.892 bits per heavy atom. The highest BCUT2D eigenvalue weighted by molar-refractivity contribution is 7.47. The molecule has 0 amide bonds. The maximum atomic E-state index is 12.9. The van der Waals surface area contributed by atoms with Crippen molar-refractivity contribution in [2.24, 2.45) is 0 Å². The lowest BCUT2D eigenvalue weighted by molar-refractivity contribution is -0.161. The molecule has 0 heterocycles. The minimum absolute atomic E-state index is 0.00584. The Labute approximate surface area is 560 Å². The second-order valence-corrected chi connectivity index (χ2v) is 24.7. The van der Waals surface area contributed by atoms with Gasteiger partial charge in [-0.25, -0.2) is 9.13 Å². The quantitative estimate of drug-likeness (QED) is 0.0146. The number of aliphatic hydroxyl groups excluding tert-OH is 2. The number of carbonyl (C=O) groups excluding carboxylic acids is 3. The zero-order valence-corrected chi connectivity index (χ0v) is 58.4. The summed E-state index contributed by atoms with van der Waals surface area (Å²) in [4.78, 5) is 58.4. The highest BCUT2D eigenvalue weighted by atomic mass is 31.2. The van der Waals surface area contributed by atoms with E-state index >= 15 is 0 Å². The molecule has 0 aliphatic carbocycles. The number of aliphatic hydroxyl groups is 2. The van der Waals surface area contributed by atoms with Gasteiger partial charge in [0.2, 0.25) is 0 Å². The number of carbonyl (C=O) groups is 3. The van der Waals surface area contributed by atoms with Gasteiger partial charge in [-0.05, 0) is 141 Å². The van der Waals surface area contributed by atoms with Crippen LogP contribution in [0.3, 0.4) is 0 Å². The third-order valence-electron chi connectivity index (χ3n) is 13.1. The van der Waals surface area contributed by atoms with Crippen LogP contribution in [0.4, 0.5) is 0 Å². The van der Waals surface area contributed by atoms with Crippen molar-refractivity contribution < 1.29 is 75.8 Å². The molecule has 93 heavy (non-hydrogen) atoms. The third kappa shape index (κ3) is 67.9. The van der Waals surface area contributed by atoms with Crippen LogP contribution in [0.2, 0.25) is 0 Å². The number of phosphoric ester groups is 2. The monoisotopic (exact) mass is 1340 g/mol. The first-order chi connectivity index (χ1) is 45.2. The molecule has 0 fully saturated rings. The molecule has 18 heteroatoms. The minimum atomic E-state index is -4.96. The normalized spacial score (nSPS) is 15.3. The second-order valence-electron chi connectivity index (χ2n) is 21.8. The third-order valence-corrected chi connectivity index (χ3v) is 15.0. The molecule has 0 spiro atoms. The van der Waals surface area contributed by atoms with Crippen molar-refractivity contribution in [2.75, 3.05) is 39.6 Å². The Hall–Kier alpha value is -5.35. The van der Waals surface area contributed by atoms with Crippen LogP contribution in [0.5, 0.6) is 0 Å². The summed E-state index contributed by atoms with van der Waals surface area (Å²) in [5, 5.41) is 20.6. The van der Waals surface area contributed by atoms with Crippen molar-refractivity contribution in [3.63, 3.8) is 0 Å². The zero-order chi connectivity index (χ0) is 68.1. The predicted molar refractivity (Wildman–Crippen MR) is 380 cm³/mol. The van der Waals surface area contributed by atoms with Gasteiger partial charge in [-0.2, -0.15) is 0 Å². The van der Waals surface area contributed by atoms with E-state index in [0.717, 1.165) is 141 Å². The summed E-state index contributed by atoms with van der Waals surface area (Å²) < 4.78 is 60.7. The summed E-state index contributed by atoms with van der Waals surface area (Å²) in [6.07, 6.45) is 83.9. The molecule has 0 radical (unpaired) electrons. The SMILES string of the molecule is CC/C=C\C/C=C\C/C=C\C/C=C\C/C=C\CCCCCCCCCC(=O)OCC(O)COP(=O)(O)OCC(O)COP(=O)(O)OCC(COC(=O)CCC/C=C\C/C=C\C/C=C\C/C=C\C/C=C\CC)OC(=O)CCC/C=C\C/C=C\C/C=C\C/C=C\C/C=C\CC. The average Bonchev–Trinajstić information content (AvgIpc) is 3.73. The van der Waals surface area contributed by atoms with Gasteiger partial charge in [0.15, 0.2) is 6.10 Å². The Balaban J connectivity index is 4.77. The first kappa shape index (κ1) is 87.7. The molecule has 4 N–H and O–H groups in total. The Kier molecular flexibility index (Phi) is 62.8. The molecule has 0 saturated heterocycles. The van der Waals surface area contributed by atoms with Gasteiger partial charge in [0.05, 0.1) is 26.4 Å². The summed E-state index contributed by atoms with van der Waals surface area (Å²) in [5.74, 6) is -1.74. The molecule has 0 aromatic rings. The van der Waals surface area contributed by atoms with Crippen LogP contribution in [0.1, 0.15) is 213 Å². The van der Waals surface area contributed by atoms with Crippen molar-refractivity contribution in [3.05, 3.63) is 182 Å². The molecule has 0 aliphatic heterocycles. The van der Waals surface area contributed by atoms with E-state index in [-0.39, 0.29) is 19.3 Å². The summed E-state index contributed by atoms with van der Waals surface area (Å²) >= 11 is 0. The molecule has 524 valence electrons. The van der Waals surface area contributed by atoms with E-state index in [4.69, 9.17) is 32.3 Å². The fourth-order valence-electron chi connectivity index (χ4n) is 8.02. The maximum Gasteiger partial charge on any atom is 0.472 e. The molecule has 16 nitrogen and oxygen atoms in total. The van der Waals surface area contributed by atoms with Crippen molar-refractivity contribution >= 4 is 33.6 Å². The molecule has 0 rings (SSSR count). The molecule has 0 saturated carbocycles. The molecular weight excluding hydrogens is 1220 g/mol. The van der Waals surface area contributed by atoms with Crippen LogP contribution in [-0.4, -0.2) is 95.9 Å². The summed E-state index contributed by atoms with van der Waals surface area (Å²) in [5.41, 5.74) is 0. The van der Waals surface area contributed by atoms with Gasteiger partial charge in [-0.3, -0.25) is 32.5 Å². The van der Waals surface area contributed by atoms with E-state index < -0.39 is 91.5 Å². The molecular formula is C75H118O16P2. The number of hydrogen-bond acceptors (Lipinski definition) is 14. The molecule has 0 aromatic heterocycles. The summed E-state index contributed by atoms with van der Waals surface area (Å²) in [6, 6.07) is 0. The first-order valence-electron chi connectivity index (χ1n) is 34.1. The number of rotatable bonds is 62. The van der Waals surface area contributed by atoms with Gasteiger partial charge in [0, 0.05) is 19.3 Å². The highest BCUT2D eigenvalue weighted by Crippen LogP contribution is 2.45. The minimum Gasteiger partial charge on any atom is -0.463 e.